The van der Waals surface area contributed by atoms with Gasteiger partial charge in [0.25, 0.3) is 0 Å². The maximum atomic E-state index is 12.8. The van der Waals surface area contributed by atoms with Gasteiger partial charge in [-0.2, -0.15) is 0 Å². The molecule has 0 radical (unpaired) electrons. The van der Waals surface area contributed by atoms with Crippen LogP contribution in [0.5, 0.6) is 0 Å². The van der Waals surface area contributed by atoms with Crippen molar-refractivity contribution in [2.75, 3.05) is 26.2 Å². The summed E-state index contributed by atoms with van der Waals surface area (Å²) in [6.07, 6.45) is 4.10. The molecule has 0 spiro atoms. The van der Waals surface area contributed by atoms with E-state index in [-0.39, 0.29) is 17.9 Å². The predicted octanol–water partition coefficient (Wildman–Crippen LogP) is 2.54. The van der Waals surface area contributed by atoms with Gasteiger partial charge in [-0.1, -0.05) is 18.6 Å². The Morgan fingerprint density at radius 2 is 2.14 bits per heavy atom. The lowest BCUT2D eigenvalue weighted by molar-refractivity contribution is 0.153. The Morgan fingerprint density at radius 1 is 1.36 bits per heavy atom. The van der Waals surface area contributed by atoms with Gasteiger partial charge in [0.05, 0.1) is 0 Å². The van der Waals surface area contributed by atoms with E-state index in [0.29, 0.717) is 6.54 Å². The van der Waals surface area contributed by atoms with Crippen molar-refractivity contribution < 1.29 is 9.18 Å². The molecule has 1 heterocycles. The van der Waals surface area contributed by atoms with Crippen molar-refractivity contribution in [3.05, 3.63) is 35.6 Å². The molecule has 22 heavy (non-hydrogen) atoms. The number of rotatable bonds is 6. The number of hydrogen-bond acceptors (Lipinski definition) is 2. The first-order chi connectivity index (χ1) is 10.7. The van der Waals surface area contributed by atoms with Crippen LogP contribution in [0.1, 0.15) is 31.7 Å². The Morgan fingerprint density at radius 3 is 2.86 bits per heavy atom. The summed E-state index contributed by atoms with van der Waals surface area (Å²) >= 11 is 0. The molecule has 0 bridgehead atoms. The molecule has 122 valence electrons. The molecular formula is C17H26FN3O. The van der Waals surface area contributed by atoms with Crippen molar-refractivity contribution >= 4 is 6.03 Å². The minimum atomic E-state index is -0.186. The number of piperazine rings is 1. The van der Waals surface area contributed by atoms with E-state index in [1.807, 2.05) is 24.0 Å². The zero-order valence-corrected chi connectivity index (χ0v) is 13.3. The number of hydrogen-bond donors (Lipinski definition) is 2. The number of benzene rings is 1. The fourth-order valence-electron chi connectivity index (χ4n) is 2.90. The summed E-state index contributed by atoms with van der Waals surface area (Å²) in [7, 11) is 0. The van der Waals surface area contributed by atoms with Gasteiger partial charge in [0.1, 0.15) is 5.82 Å². The lowest BCUT2D eigenvalue weighted by atomic mass is 10.0. The lowest BCUT2D eigenvalue weighted by Gasteiger charge is -2.36. The topological polar surface area (TPSA) is 44.4 Å². The minimum Gasteiger partial charge on any atom is -0.338 e. The first kappa shape index (κ1) is 16.7. The number of halogens is 1. The second-order valence-electron chi connectivity index (χ2n) is 5.76. The summed E-state index contributed by atoms with van der Waals surface area (Å²) in [6, 6.07) is 7.03. The second-order valence-corrected chi connectivity index (χ2v) is 5.76. The molecule has 0 aliphatic carbocycles. The number of urea groups is 1. The zero-order chi connectivity index (χ0) is 15.8. The van der Waals surface area contributed by atoms with E-state index in [9.17, 15) is 9.18 Å². The van der Waals surface area contributed by atoms with Crippen molar-refractivity contribution in [3.63, 3.8) is 0 Å². The van der Waals surface area contributed by atoms with Crippen molar-refractivity contribution in [2.24, 2.45) is 0 Å². The zero-order valence-electron chi connectivity index (χ0n) is 13.3. The summed E-state index contributed by atoms with van der Waals surface area (Å²) < 4.78 is 12.8. The van der Waals surface area contributed by atoms with Gasteiger partial charge < -0.3 is 15.5 Å². The lowest BCUT2D eigenvalue weighted by Crippen LogP contribution is -2.56. The molecular weight excluding hydrogens is 281 g/mol. The fourth-order valence-corrected chi connectivity index (χ4v) is 2.90. The number of aryl methyl sites for hydroxylation is 1. The molecule has 1 aliphatic rings. The van der Waals surface area contributed by atoms with Crippen LogP contribution in [0.25, 0.3) is 0 Å². The largest absolute Gasteiger partial charge is 0.338 e. The molecule has 1 aliphatic heterocycles. The SMILES string of the molecule is CCNC(=O)N1CCNCC1CCCCc1ccc(F)cc1. The summed E-state index contributed by atoms with van der Waals surface area (Å²) in [5.74, 6) is -0.186. The molecule has 2 N–H and O–H groups in total. The molecule has 4 nitrogen and oxygen atoms in total. The third-order valence-corrected chi connectivity index (χ3v) is 4.11. The highest BCUT2D eigenvalue weighted by Crippen LogP contribution is 2.14. The van der Waals surface area contributed by atoms with E-state index in [1.54, 1.807) is 0 Å². The van der Waals surface area contributed by atoms with Crippen molar-refractivity contribution in [3.8, 4) is 0 Å². The van der Waals surface area contributed by atoms with Gasteiger partial charge in [-0.05, 0) is 43.9 Å². The average Bonchev–Trinajstić information content (AvgIpc) is 2.54. The first-order valence-electron chi connectivity index (χ1n) is 8.20. The van der Waals surface area contributed by atoms with E-state index in [1.165, 1.54) is 17.7 Å². The van der Waals surface area contributed by atoms with Crippen LogP contribution in [0, 0.1) is 5.82 Å². The highest BCUT2D eigenvalue weighted by atomic mass is 19.1. The minimum absolute atomic E-state index is 0.0486. The number of nitrogens with zero attached hydrogens (tertiary/aromatic N) is 1. The second kappa shape index (κ2) is 8.73. The van der Waals surface area contributed by atoms with Gasteiger partial charge in [-0.15, -0.1) is 0 Å². The number of carbonyl (C=O) groups excluding carboxylic acids is 1. The monoisotopic (exact) mass is 307 g/mol. The van der Waals surface area contributed by atoms with Crippen molar-refractivity contribution in [2.45, 2.75) is 38.6 Å². The Labute approximate surface area is 132 Å². The van der Waals surface area contributed by atoms with E-state index in [4.69, 9.17) is 0 Å². The Balaban J connectivity index is 1.74. The average molecular weight is 307 g/mol. The smallest absolute Gasteiger partial charge is 0.317 e. The van der Waals surface area contributed by atoms with Crippen LogP contribution in [0.3, 0.4) is 0 Å². The van der Waals surface area contributed by atoms with Crippen LogP contribution in [-0.2, 0) is 6.42 Å². The van der Waals surface area contributed by atoms with Crippen LogP contribution in [0.4, 0.5) is 9.18 Å². The van der Waals surface area contributed by atoms with Crippen molar-refractivity contribution in [1.29, 1.82) is 0 Å². The standard InChI is InChI=1S/C17H26FN3O/c1-2-20-17(22)21-12-11-19-13-16(21)6-4-3-5-14-7-9-15(18)10-8-14/h7-10,16,19H,2-6,11-13H2,1H3,(H,20,22). The molecule has 2 amide bonds. The van der Waals surface area contributed by atoms with Crippen LogP contribution >= 0.6 is 0 Å². The van der Waals surface area contributed by atoms with E-state index >= 15 is 0 Å². The first-order valence-corrected chi connectivity index (χ1v) is 8.20. The van der Waals surface area contributed by atoms with Crippen LogP contribution < -0.4 is 10.6 Å². The molecule has 5 heteroatoms. The van der Waals surface area contributed by atoms with E-state index < -0.39 is 0 Å². The van der Waals surface area contributed by atoms with Crippen LogP contribution in [0.2, 0.25) is 0 Å². The van der Waals surface area contributed by atoms with Gasteiger partial charge in [-0.3, -0.25) is 0 Å². The predicted molar refractivity (Wildman–Crippen MR) is 86.4 cm³/mol. The molecule has 0 saturated carbocycles. The number of amides is 2. The third-order valence-electron chi connectivity index (χ3n) is 4.11. The molecule has 1 fully saturated rings. The molecule has 1 saturated heterocycles. The van der Waals surface area contributed by atoms with Gasteiger partial charge in [0, 0.05) is 32.2 Å². The molecule has 1 atom stereocenters. The third kappa shape index (κ3) is 4.98. The summed E-state index contributed by atoms with van der Waals surface area (Å²) in [5.41, 5.74) is 1.17. The summed E-state index contributed by atoms with van der Waals surface area (Å²) in [4.78, 5) is 14.0. The molecule has 2 rings (SSSR count). The summed E-state index contributed by atoms with van der Waals surface area (Å²) in [6.45, 7) is 5.11. The highest BCUT2D eigenvalue weighted by Gasteiger charge is 2.25. The Bertz CT molecular complexity index is 463. The quantitative estimate of drug-likeness (QED) is 0.793. The van der Waals surface area contributed by atoms with Crippen molar-refractivity contribution in [1.82, 2.24) is 15.5 Å². The van der Waals surface area contributed by atoms with Crippen LogP contribution in [0.15, 0.2) is 24.3 Å². The Hall–Kier alpha value is -1.62. The number of nitrogens with one attached hydrogen (secondary N) is 2. The Kier molecular flexibility index (Phi) is 6.65. The molecule has 0 aromatic heterocycles. The number of unbranched alkanes of at least 4 members (excludes halogenated alkanes) is 1. The van der Waals surface area contributed by atoms with E-state index in [2.05, 4.69) is 10.6 Å². The summed E-state index contributed by atoms with van der Waals surface area (Å²) in [5, 5.41) is 6.25. The van der Waals surface area contributed by atoms with E-state index in [0.717, 1.165) is 45.3 Å². The number of carbonyl (C=O) groups is 1. The maximum Gasteiger partial charge on any atom is 0.317 e. The molecule has 1 aromatic carbocycles. The van der Waals surface area contributed by atoms with Gasteiger partial charge in [0.2, 0.25) is 0 Å². The van der Waals surface area contributed by atoms with Gasteiger partial charge >= 0.3 is 6.03 Å². The molecule has 1 aromatic rings. The molecule has 1 unspecified atom stereocenters. The maximum absolute atomic E-state index is 12.8. The fraction of sp³-hybridized carbons (Fsp3) is 0.588. The highest BCUT2D eigenvalue weighted by molar-refractivity contribution is 5.74. The van der Waals surface area contributed by atoms with Crippen LogP contribution in [-0.4, -0.2) is 43.2 Å². The van der Waals surface area contributed by atoms with Gasteiger partial charge in [0.15, 0.2) is 0 Å². The van der Waals surface area contributed by atoms with Gasteiger partial charge in [-0.25, -0.2) is 9.18 Å². The normalized spacial score (nSPS) is 18.3.